The normalized spacial score (nSPS) is 24.2. The molecule has 110 valence electrons. The second-order valence-corrected chi connectivity index (χ2v) is 6.92. The first-order valence-electron chi connectivity index (χ1n) is 7.26. The highest BCUT2D eigenvalue weighted by molar-refractivity contribution is 5.76. The highest BCUT2D eigenvalue weighted by Crippen LogP contribution is 2.30. The first-order chi connectivity index (χ1) is 8.71. The van der Waals surface area contributed by atoms with Gasteiger partial charge in [0.2, 0.25) is 11.8 Å². The molecular formula is C15H28N2O2. The summed E-state index contributed by atoms with van der Waals surface area (Å²) in [5.74, 6) is 0.653. The van der Waals surface area contributed by atoms with Gasteiger partial charge in [-0.3, -0.25) is 9.59 Å². The van der Waals surface area contributed by atoms with E-state index in [0.717, 1.165) is 19.4 Å². The van der Waals surface area contributed by atoms with Crippen molar-refractivity contribution in [3.05, 3.63) is 0 Å². The molecule has 2 atom stereocenters. The summed E-state index contributed by atoms with van der Waals surface area (Å²) in [6.45, 7) is 11.6. The predicted molar refractivity (Wildman–Crippen MR) is 76.7 cm³/mol. The smallest absolute Gasteiger partial charge is 0.222 e. The fraction of sp³-hybridized carbons (Fsp3) is 0.867. The van der Waals surface area contributed by atoms with E-state index >= 15 is 0 Å². The minimum absolute atomic E-state index is 0.00898. The second-order valence-electron chi connectivity index (χ2n) is 6.92. The van der Waals surface area contributed by atoms with E-state index in [2.05, 4.69) is 26.1 Å². The lowest BCUT2D eigenvalue weighted by molar-refractivity contribution is -0.134. The third-order valence-corrected chi connectivity index (χ3v) is 3.50. The lowest BCUT2D eigenvalue weighted by atomic mass is 9.80. The number of likely N-dealkylation sites (tertiary alicyclic amines) is 1. The Hall–Kier alpha value is -1.06. The largest absolute Gasteiger partial charge is 0.352 e. The summed E-state index contributed by atoms with van der Waals surface area (Å²) in [5.41, 5.74) is 0.254. The summed E-state index contributed by atoms with van der Waals surface area (Å²) < 4.78 is 0. The number of nitrogens with one attached hydrogen (secondary N) is 1. The highest BCUT2D eigenvalue weighted by Gasteiger charge is 2.31. The van der Waals surface area contributed by atoms with Gasteiger partial charge in [0.1, 0.15) is 0 Å². The van der Waals surface area contributed by atoms with Crippen LogP contribution in [-0.4, -0.2) is 35.8 Å². The monoisotopic (exact) mass is 268 g/mol. The molecular weight excluding hydrogens is 240 g/mol. The van der Waals surface area contributed by atoms with Crippen LogP contribution in [-0.2, 0) is 9.59 Å². The van der Waals surface area contributed by atoms with Gasteiger partial charge in [-0.2, -0.15) is 0 Å². The zero-order valence-corrected chi connectivity index (χ0v) is 13.0. The summed E-state index contributed by atoms with van der Waals surface area (Å²) in [4.78, 5) is 25.1. The van der Waals surface area contributed by atoms with Gasteiger partial charge in [-0.15, -0.1) is 0 Å². The van der Waals surface area contributed by atoms with Crippen molar-refractivity contribution in [2.45, 2.75) is 59.9 Å². The summed E-state index contributed by atoms with van der Waals surface area (Å²) in [6, 6.07) is 0.106. The number of hydrogen-bond donors (Lipinski definition) is 1. The predicted octanol–water partition coefficient (Wildman–Crippen LogP) is 2.19. The van der Waals surface area contributed by atoms with Crippen molar-refractivity contribution in [3.8, 4) is 0 Å². The Morgan fingerprint density at radius 2 is 1.89 bits per heavy atom. The topological polar surface area (TPSA) is 49.4 Å². The van der Waals surface area contributed by atoms with E-state index in [4.69, 9.17) is 0 Å². The van der Waals surface area contributed by atoms with Gasteiger partial charge in [0.15, 0.2) is 0 Å². The molecule has 0 bridgehead atoms. The van der Waals surface area contributed by atoms with E-state index in [1.807, 2.05) is 11.8 Å². The molecule has 4 heteroatoms. The Kier molecular flexibility index (Phi) is 5.39. The Balaban J connectivity index is 2.71. The van der Waals surface area contributed by atoms with Gasteiger partial charge in [0, 0.05) is 32.5 Å². The van der Waals surface area contributed by atoms with Crippen LogP contribution >= 0.6 is 0 Å². The third-order valence-electron chi connectivity index (χ3n) is 3.50. The van der Waals surface area contributed by atoms with Crippen LogP contribution in [0.2, 0.25) is 0 Å². The van der Waals surface area contributed by atoms with Gasteiger partial charge in [-0.05, 0) is 24.2 Å². The molecule has 1 N–H and O–H groups in total. The quantitative estimate of drug-likeness (QED) is 0.853. The molecule has 4 nitrogen and oxygen atoms in total. The third kappa shape index (κ3) is 5.62. The number of carbonyl (C=O) groups is 2. The number of nitrogens with zero attached hydrogens (tertiary/aromatic N) is 1. The highest BCUT2D eigenvalue weighted by atomic mass is 16.2. The second kappa shape index (κ2) is 6.40. The molecule has 19 heavy (non-hydrogen) atoms. The summed E-state index contributed by atoms with van der Waals surface area (Å²) in [7, 11) is 0. The molecule has 1 aliphatic rings. The minimum Gasteiger partial charge on any atom is -0.352 e. The van der Waals surface area contributed by atoms with Crippen LogP contribution in [0.25, 0.3) is 0 Å². The molecule has 1 fully saturated rings. The van der Waals surface area contributed by atoms with Crippen molar-refractivity contribution in [3.63, 3.8) is 0 Å². The van der Waals surface area contributed by atoms with Crippen molar-refractivity contribution in [1.82, 2.24) is 10.2 Å². The molecule has 0 aromatic heterocycles. The molecule has 0 radical (unpaired) electrons. The molecule has 1 rings (SSSR count). The molecule has 0 aliphatic carbocycles. The molecule has 1 heterocycles. The van der Waals surface area contributed by atoms with E-state index in [9.17, 15) is 9.59 Å². The van der Waals surface area contributed by atoms with Gasteiger partial charge in [0.05, 0.1) is 0 Å². The summed E-state index contributed by atoms with van der Waals surface area (Å²) in [5, 5.41) is 2.97. The molecule has 0 spiro atoms. The number of hydrogen-bond acceptors (Lipinski definition) is 2. The Bertz CT molecular complexity index is 334. The van der Waals surface area contributed by atoms with Crippen molar-refractivity contribution in [2.75, 3.05) is 13.1 Å². The zero-order chi connectivity index (χ0) is 14.6. The van der Waals surface area contributed by atoms with Crippen molar-refractivity contribution < 1.29 is 9.59 Å². The van der Waals surface area contributed by atoms with E-state index in [1.54, 1.807) is 6.92 Å². The molecule has 0 aromatic carbocycles. The van der Waals surface area contributed by atoms with Gasteiger partial charge in [-0.25, -0.2) is 0 Å². The van der Waals surface area contributed by atoms with Crippen molar-refractivity contribution >= 4 is 11.8 Å². The molecule has 1 aliphatic heterocycles. The van der Waals surface area contributed by atoms with E-state index in [-0.39, 0.29) is 23.3 Å². The fourth-order valence-electron chi connectivity index (χ4n) is 3.04. The first kappa shape index (κ1) is 16.0. The maximum atomic E-state index is 11.9. The van der Waals surface area contributed by atoms with Gasteiger partial charge >= 0.3 is 0 Å². The molecule has 0 aromatic rings. The molecule has 2 amide bonds. The summed E-state index contributed by atoms with van der Waals surface area (Å²) in [6.07, 6.45) is 2.59. The van der Waals surface area contributed by atoms with Crippen LogP contribution < -0.4 is 5.32 Å². The Labute approximate surface area is 116 Å². The lowest BCUT2D eigenvalue weighted by Crippen LogP contribution is -2.52. The standard InChI is InChI=1S/C15H28N2O2/c1-6-14(19)17-9-12(8-15(3,4)5)7-13(10-17)16-11(2)18/h12-13H,6-10H2,1-5H3,(H,16,18). The van der Waals surface area contributed by atoms with Crippen molar-refractivity contribution in [2.24, 2.45) is 11.3 Å². The van der Waals surface area contributed by atoms with Crippen LogP contribution in [0.15, 0.2) is 0 Å². The molecule has 2 unspecified atom stereocenters. The number of carbonyl (C=O) groups excluding carboxylic acids is 2. The number of rotatable bonds is 3. The lowest BCUT2D eigenvalue weighted by Gasteiger charge is -2.40. The summed E-state index contributed by atoms with van der Waals surface area (Å²) >= 11 is 0. The average molecular weight is 268 g/mol. The van der Waals surface area contributed by atoms with Crippen molar-refractivity contribution in [1.29, 1.82) is 0 Å². The molecule has 0 saturated carbocycles. The van der Waals surface area contributed by atoms with Crippen LogP contribution in [0.1, 0.15) is 53.9 Å². The zero-order valence-electron chi connectivity index (χ0n) is 13.0. The first-order valence-corrected chi connectivity index (χ1v) is 7.26. The van der Waals surface area contributed by atoms with Gasteiger partial charge in [-0.1, -0.05) is 27.7 Å². The van der Waals surface area contributed by atoms with Gasteiger partial charge < -0.3 is 10.2 Å². The van der Waals surface area contributed by atoms with Gasteiger partial charge in [0.25, 0.3) is 0 Å². The Morgan fingerprint density at radius 3 is 2.37 bits per heavy atom. The Morgan fingerprint density at radius 1 is 1.26 bits per heavy atom. The van der Waals surface area contributed by atoms with Crippen LogP contribution in [0.4, 0.5) is 0 Å². The van der Waals surface area contributed by atoms with E-state index in [0.29, 0.717) is 18.9 Å². The maximum Gasteiger partial charge on any atom is 0.222 e. The number of amides is 2. The minimum atomic E-state index is -0.00898. The average Bonchev–Trinajstić information content (AvgIpc) is 2.24. The van der Waals surface area contributed by atoms with Crippen LogP contribution in [0.3, 0.4) is 0 Å². The fourth-order valence-corrected chi connectivity index (χ4v) is 3.04. The van der Waals surface area contributed by atoms with E-state index < -0.39 is 0 Å². The number of piperidine rings is 1. The SMILES string of the molecule is CCC(=O)N1CC(CC(C)(C)C)CC(NC(C)=O)C1. The van der Waals surface area contributed by atoms with E-state index in [1.165, 1.54) is 0 Å². The van der Waals surface area contributed by atoms with Crippen LogP contribution in [0.5, 0.6) is 0 Å². The van der Waals surface area contributed by atoms with Crippen LogP contribution in [0, 0.1) is 11.3 Å². The maximum absolute atomic E-state index is 11.9. The molecule has 1 saturated heterocycles.